The summed E-state index contributed by atoms with van der Waals surface area (Å²) in [5.41, 5.74) is 2.45. The number of hydrogen-bond acceptors (Lipinski definition) is 1. The monoisotopic (exact) mass is 198 g/mol. The van der Waals surface area contributed by atoms with Crippen molar-refractivity contribution in [1.29, 1.82) is 0 Å². The Labute approximate surface area is 91.5 Å². The number of nitrogens with one attached hydrogen (secondary N) is 2. The highest BCUT2D eigenvalue weighted by Gasteiger charge is 2.06. The van der Waals surface area contributed by atoms with Crippen LogP contribution in [0, 0.1) is 0 Å². The number of likely N-dealkylation sites (N-methyl/N-ethyl adjacent to an activating group) is 1. The minimum absolute atomic E-state index is 0.0363. The van der Waals surface area contributed by atoms with Crippen LogP contribution in [0.25, 0.3) is 10.9 Å². The molecule has 76 valence electrons. The molecule has 0 saturated heterocycles. The molecule has 2 radical (unpaired) electrons. The van der Waals surface area contributed by atoms with E-state index in [1.54, 1.807) is 0 Å². The molecular formula is C12H15BN2. The Morgan fingerprint density at radius 1 is 1.40 bits per heavy atom. The van der Waals surface area contributed by atoms with Crippen LogP contribution in [0.1, 0.15) is 12.5 Å². The fraction of sp³-hybridized carbons (Fsp3) is 0.333. The topological polar surface area (TPSA) is 27.8 Å². The third-order valence-corrected chi connectivity index (χ3v) is 2.58. The summed E-state index contributed by atoms with van der Waals surface area (Å²) in [6.45, 7) is 2.97. The molecule has 1 unspecified atom stereocenters. The molecule has 1 aromatic heterocycles. The van der Waals surface area contributed by atoms with Gasteiger partial charge < -0.3 is 10.3 Å². The van der Waals surface area contributed by atoms with E-state index in [1.807, 2.05) is 12.3 Å². The number of hydrogen-bond donors (Lipinski definition) is 2. The van der Waals surface area contributed by atoms with Crippen molar-refractivity contribution in [3.8, 4) is 0 Å². The predicted molar refractivity (Wildman–Crippen MR) is 65.2 cm³/mol. The molecule has 0 fully saturated rings. The van der Waals surface area contributed by atoms with Crippen LogP contribution >= 0.6 is 0 Å². The molecule has 2 N–H and O–H groups in total. The van der Waals surface area contributed by atoms with Crippen molar-refractivity contribution in [2.75, 3.05) is 6.54 Å². The summed E-state index contributed by atoms with van der Waals surface area (Å²) >= 11 is 0. The average Bonchev–Trinajstić information content (AvgIpc) is 2.62. The van der Waals surface area contributed by atoms with Gasteiger partial charge in [0.15, 0.2) is 0 Å². The van der Waals surface area contributed by atoms with Crippen molar-refractivity contribution in [2.45, 2.75) is 19.3 Å². The number of fused-ring (bicyclic) bond motifs is 1. The average molecular weight is 198 g/mol. The summed E-state index contributed by atoms with van der Waals surface area (Å²) in [6.07, 6.45) is 2.90. The highest BCUT2D eigenvalue weighted by molar-refractivity contribution is 6.12. The summed E-state index contributed by atoms with van der Waals surface area (Å²) in [5.74, 6) is 0.0363. The maximum atomic E-state index is 5.94. The van der Waals surface area contributed by atoms with Gasteiger partial charge >= 0.3 is 0 Å². The molecule has 0 aliphatic rings. The van der Waals surface area contributed by atoms with Gasteiger partial charge in [0, 0.05) is 17.1 Å². The van der Waals surface area contributed by atoms with E-state index in [0.717, 1.165) is 13.0 Å². The van der Waals surface area contributed by atoms with Gasteiger partial charge in [0.1, 0.15) is 0 Å². The van der Waals surface area contributed by atoms with Crippen LogP contribution < -0.4 is 5.32 Å². The Bertz CT molecular complexity index is 436. The van der Waals surface area contributed by atoms with Gasteiger partial charge in [-0.3, -0.25) is 0 Å². The number of rotatable bonds is 4. The molecule has 0 bridgehead atoms. The Kier molecular flexibility index (Phi) is 3.12. The molecule has 0 spiro atoms. The summed E-state index contributed by atoms with van der Waals surface area (Å²) in [6, 6.07) is 8.29. The number of H-pyrrole nitrogens is 1. The lowest BCUT2D eigenvalue weighted by Gasteiger charge is -2.11. The first-order chi connectivity index (χ1) is 7.31. The molecule has 2 rings (SSSR count). The zero-order chi connectivity index (χ0) is 10.7. The SMILES string of the molecule is [B]C(Cc1c[nH]c2ccccc12)NCC. The molecule has 2 aromatic rings. The molecule has 0 saturated carbocycles. The third-order valence-electron chi connectivity index (χ3n) is 2.58. The second kappa shape index (κ2) is 4.54. The molecule has 0 aliphatic heterocycles. The van der Waals surface area contributed by atoms with E-state index in [0.29, 0.717) is 0 Å². The molecule has 15 heavy (non-hydrogen) atoms. The first kappa shape index (κ1) is 10.3. The van der Waals surface area contributed by atoms with Crippen LogP contribution in [0.3, 0.4) is 0 Å². The molecule has 2 nitrogen and oxygen atoms in total. The van der Waals surface area contributed by atoms with Crippen molar-refractivity contribution < 1.29 is 0 Å². The molecule has 3 heteroatoms. The summed E-state index contributed by atoms with van der Waals surface area (Å²) < 4.78 is 0. The maximum absolute atomic E-state index is 5.94. The highest BCUT2D eigenvalue weighted by atomic mass is 14.9. The molecule has 1 aromatic carbocycles. The number of para-hydroxylation sites is 1. The van der Waals surface area contributed by atoms with Gasteiger partial charge in [0.2, 0.25) is 0 Å². The quantitative estimate of drug-likeness (QED) is 0.720. The fourth-order valence-corrected chi connectivity index (χ4v) is 1.87. The highest BCUT2D eigenvalue weighted by Crippen LogP contribution is 2.18. The van der Waals surface area contributed by atoms with Gasteiger partial charge in [0.25, 0.3) is 0 Å². The molecule has 0 amide bonds. The second-order valence-corrected chi connectivity index (χ2v) is 3.73. The Morgan fingerprint density at radius 2 is 2.20 bits per heavy atom. The first-order valence-electron chi connectivity index (χ1n) is 5.35. The number of benzene rings is 1. The van der Waals surface area contributed by atoms with Crippen molar-refractivity contribution in [3.05, 3.63) is 36.0 Å². The molecule has 1 atom stereocenters. The lowest BCUT2D eigenvalue weighted by molar-refractivity contribution is 0.664. The van der Waals surface area contributed by atoms with Gasteiger partial charge in [-0.2, -0.15) is 0 Å². The lowest BCUT2D eigenvalue weighted by atomic mass is 9.89. The van der Waals surface area contributed by atoms with Crippen LogP contribution in [0.2, 0.25) is 0 Å². The van der Waals surface area contributed by atoms with Gasteiger partial charge in [-0.1, -0.05) is 25.1 Å². The zero-order valence-electron chi connectivity index (χ0n) is 8.96. The second-order valence-electron chi connectivity index (χ2n) is 3.73. The van der Waals surface area contributed by atoms with Crippen LogP contribution in [0.4, 0.5) is 0 Å². The van der Waals surface area contributed by atoms with E-state index in [-0.39, 0.29) is 5.94 Å². The Morgan fingerprint density at radius 3 is 3.00 bits per heavy atom. The minimum atomic E-state index is 0.0363. The van der Waals surface area contributed by atoms with E-state index in [2.05, 4.69) is 35.4 Å². The lowest BCUT2D eigenvalue weighted by Crippen LogP contribution is -2.30. The predicted octanol–water partition coefficient (Wildman–Crippen LogP) is 1.81. The maximum Gasteiger partial charge on any atom is 0.0911 e. The standard InChI is InChI=1S/C12H15BN2/c1-2-14-12(13)7-9-8-15-11-6-4-3-5-10(9)11/h3-6,8,12,14-15H,2,7H2,1H3. The molecule has 1 heterocycles. The normalized spacial score (nSPS) is 13.1. The van der Waals surface area contributed by atoms with Crippen molar-refractivity contribution in [2.24, 2.45) is 0 Å². The van der Waals surface area contributed by atoms with Gasteiger partial charge in [-0.05, 0) is 30.5 Å². The Balaban J connectivity index is 2.21. The summed E-state index contributed by atoms with van der Waals surface area (Å²) in [4.78, 5) is 3.25. The summed E-state index contributed by atoms with van der Waals surface area (Å²) in [5, 5.41) is 4.48. The van der Waals surface area contributed by atoms with Gasteiger partial charge in [-0.15, -0.1) is 0 Å². The van der Waals surface area contributed by atoms with Crippen LogP contribution in [-0.2, 0) is 6.42 Å². The molecular weight excluding hydrogens is 183 g/mol. The first-order valence-corrected chi connectivity index (χ1v) is 5.35. The van der Waals surface area contributed by atoms with E-state index in [1.165, 1.54) is 16.5 Å². The minimum Gasteiger partial charge on any atom is -0.361 e. The van der Waals surface area contributed by atoms with Crippen LogP contribution in [0.15, 0.2) is 30.5 Å². The zero-order valence-corrected chi connectivity index (χ0v) is 8.96. The van der Waals surface area contributed by atoms with Crippen molar-refractivity contribution in [3.63, 3.8) is 0 Å². The Hall–Kier alpha value is -1.22. The van der Waals surface area contributed by atoms with Crippen molar-refractivity contribution in [1.82, 2.24) is 10.3 Å². The van der Waals surface area contributed by atoms with E-state index in [4.69, 9.17) is 7.85 Å². The van der Waals surface area contributed by atoms with Crippen LogP contribution in [-0.4, -0.2) is 25.3 Å². The molecule has 0 aliphatic carbocycles. The largest absolute Gasteiger partial charge is 0.361 e. The van der Waals surface area contributed by atoms with Gasteiger partial charge in [0.05, 0.1) is 7.85 Å². The number of aromatic nitrogens is 1. The van der Waals surface area contributed by atoms with E-state index in [9.17, 15) is 0 Å². The fourth-order valence-electron chi connectivity index (χ4n) is 1.87. The van der Waals surface area contributed by atoms with Gasteiger partial charge in [-0.25, -0.2) is 0 Å². The van der Waals surface area contributed by atoms with E-state index < -0.39 is 0 Å². The van der Waals surface area contributed by atoms with E-state index >= 15 is 0 Å². The summed E-state index contributed by atoms with van der Waals surface area (Å²) in [7, 11) is 5.94. The number of aromatic amines is 1. The third kappa shape index (κ3) is 2.24. The van der Waals surface area contributed by atoms with Crippen LogP contribution in [0.5, 0.6) is 0 Å². The smallest absolute Gasteiger partial charge is 0.0911 e. The van der Waals surface area contributed by atoms with Crippen molar-refractivity contribution >= 4 is 18.7 Å².